The lowest BCUT2D eigenvalue weighted by molar-refractivity contribution is 0.285. The minimum atomic E-state index is -3.44. The molecule has 0 saturated carbocycles. The average Bonchev–Trinajstić information content (AvgIpc) is 2.59. The van der Waals surface area contributed by atoms with Crippen LogP contribution in [-0.2, 0) is 29.6 Å². The Morgan fingerprint density at radius 3 is 2.21 bits per heavy atom. The zero-order valence-electron chi connectivity index (χ0n) is 14.8. The zero-order valence-corrected chi connectivity index (χ0v) is 15.6. The molecule has 1 N–H and O–H groups in total. The Hall–Kier alpha value is -1.42. The molecule has 1 aromatic rings. The van der Waals surface area contributed by atoms with E-state index in [9.17, 15) is 13.7 Å². The van der Waals surface area contributed by atoms with Crippen LogP contribution in [0.15, 0.2) is 12.1 Å². The molecule has 2 rings (SSSR count). The second kappa shape index (κ2) is 8.11. The number of aryl methyl sites for hydroxylation is 2. The number of benzene rings is 1. The van der Waals surface area contributed by atoms with Crippen molar-refractivity contribution in [3.8, 4) is 6.07 Å². The third-order valence-electron chi connectivity index (χ3n) is 4.78. The molecule has 1 aromatic carbocycles. The first-order valence-corrected chi connectivity index (χ1v) is 10.1. The average molecular weight is 350 g/mol. The molecule has 1 aliphatic rings. The summed E-state index contributed by atoms with van der Waals surface area (Å²) in [6, 6.07) is 6.16. The first-order valence-electron chi connectivity index (χ1n) is 8.70. The monoisotopic (exact) mass is 349 g/mol. The van der Waals surface area contributed by atoms with E-state index in [2.05, 4.69) is 17.7 Å². The van der Waals surface area contributed by atoms with Crippen LogP contribution in [0.25, 0.3) is 0 Å². The van der Waals surface area contributed by atoms with Gasteiger partial charge in [-0.25, -0.2) is 0 Å². The number of nitriles is 1. The molecule has 0 radical (unpaired) electrons. The van der Waals surface area contributed by atoms with E-state index in [1.54, 1.807) is 0 Å². The van der Waals surface area contributed by atoms with Crippen molar-refractivity contribution in [1.29, 1.82) is 5.26 Å². The topological polar surface area (TPSA) is 73.2 Å². The van der Waals surface area contributed by atoms with E-state index in [1.807, 2.05) is 26.0 Å². The number of hydrogen-bond acceptors (Lipinski definition) is 3. The molecule has 1 saturated heterocycles. The van der Waals surface area contributed by atoms with Gasteiger partial charge in [-0.1, -0.05) is 32.9 Å². The normalized spacial score (nSPS) is 16.9. The summed E-state index contributed by atoms with van der Waals surface area (Å²) in [4.78, 5) is 0. The smallest absolute Gasteiger partial charge is 0.198 e. The van der Waals surface area contributed by atoms with Crippen molar-refractivity contribution in [3.63, 3.8) is 0 Å². The summed E-state index contributed by atoms with van der Waals surface area (Å²) in [6.45, 7) is 7.62. The maximum absolute atomic E-state index is 12.5. The summed E-state index contributed by atoms with van der Waals surface area (Å²) < 4.78 is 29.2. The van der Waals surface area contributed by atoms with E-state index in [0.717, 1.165) is 47.9 Å². The maximum Gasteiger partial charge on any atom is 0.279 e. The van der Waals surface area contributed by atoms with Crippen LogP contribution in [0.3, 0.4) is 0 Å². The highest BCUT2D eigenvalue weighted by Crippen LogP contribution is 2.20. The lowest BCUT2D eigenvalue weighted by Crippen LogP contribution is -2.44. The molecule has 132 valence electrons. The van der Waals surface area contributed by atoms with Crippen LogP contribution >= 0.6 is 0 Å². The summed E-state index contributed by atoms with van der Waals surface area (Å²) in [6.07, 6.45) is 3.36. The molecule has 0 spiro atoms. The molecule has 1 heterocycles. The van der Waals surface area contributed by atoms with Gasteiger partial charge in [0.15, 0.2) is 0 Å². The van der Waals surface area contributed by atoms with Crippen LogP contribution in [0.2, 0.25) is 0 Å². The fourth-order valence-electron chi connectivity index (χ4n) is 3.13. The largest absolute Gasteiger partial charge is 0.279 e. The number of rotatable bonds is 6. The summed E-state index contributed by atoms with van der Waals surface area (Å²) in [5.41, 5.74) is 3.61. The molecule has 1 fully saturated rings. The molecule has 6 heteroatoms. The molecule has 1 aliphatic heterocycles. The molecule has 0 unspecified atom stereocenters. The van der Waals surface area contributed by atoms with Crippen LogP contribution in [-0.4, -0.2) is 25.8 Å². The molecule has 0 amide bonds. The molecule has 0 aromatic heterocycles. The first-order chi connectivity index (χ1) is 11.4. The van der Waals surface area contributed by atoms with Crippen LogP contribution < -0.4 is 4.72 Å². The highest BCUT2D eigenvalue weighted by molar-refractivity contribution is 7.87. The van der Waals surface area contributed by atoms with E-state index in [1.165, 1.54) is 4.31 Å². The van der Waals surface area contributed by atoms with E-state index < -0.39 is 10.2 Å². The third-order valence-corrected chi connectivity index (χ3v) is 6.33. The number of hydrogen-bond donors (Lipinski definition) is 1. The van der Waals surface area contributed by atoms with Crippen molar-refractivity contribution in [2.24, 2.45) is 5.92 Å². The third kappa shape index (κ3) is 4.35. The molecule has 0 bridgehead atoms. The van der Waals surface area contributed by atoms with Crippen molar-refractivity contribution < 1.29 is 8.42 Å². The van der Waals surface area contributed by atoms with Crippen molar-refractivity contribution in [3.05, 3.63) is 34.4 Å². The van der Waals surface area contributed by atoms with Gasteiger partial charge in [0, 0.05) is 19.6 Å². The Bertz CT molecular complexity index is 689. The van der Waals surface area contributed by atoms with Gasteiger partial charge < -0.3 is 0 Å². The number of nitrogens with zero attached hydrogens (tertiary/aromatic N) is 2. The van der Waals surface area contributed by atoms with E-state index in [-0.39, 0.29) is 6.54 Å². The second-order valence-electron chi connectivity index (χ2n) is 6.52. The Kier molecular flexibility index (Phi) is 6.39. The highest BCUT2D eigenvalue weighted by atomic mass is 32.2. The minimum Gasteiger partial charge on any atom is -0.198 e. The van der Waals surface area contributed by atoms with E-state index in [0.29, 0.717) is 19.0 Å². The predicted molar refractivity (Wildman–Crippen MR) is 95.6 cm³/mol. The maximum atomic E-state index is 12.5. The Labute approximate surface area is 145 Å². The lowest BCUT2D eigenvalue weighted by atomic mass is 9.95. The van der Waals surface area contributed by atoms with Gasteiger partial charge >= 0.3 is 0 Å². The Morgan fingerprint density at radius 1 is 1.21 bits per heavy atom. The van der Waals surface area contributed by atoms with E-state index in [4.69, 9.17) is 0 Å². The van der Waals surface area contributed by atoms with Gasteiger partial charge in [-0.05, 0) is 48.3 Å². The fourth-order valence-corrected chi connectivity index (χ4v) is 4.36. The van der Waals surface area contributed by atoms with Crippen molar-refractivity contribution in [1.82, 2.24) is 9.03 Å². The van der Waals surface area contributed by atoms with Crippen LogP contribution in [0, 0.1) is 17.2 Å². The standard InChI is InChI=1S/C18H27N3O2S/c1-4-16-10-15(11-17(5-2)18(16)12-19)13-20-24(22,23)21-8-6-14(3)7-9-21/h10-11,14,20H,4-9,13H2,1-3H3. The van der Waals surface area contributed by atoms with E-state index >= 15 is 0 Å². The molecular weight excluding hydrogens is 322 g/mol. The van der Waals surface area contributed by atoms with Crippen LogP contribution in [0.1, 0.15) is 55.9 Å². The number of nitrogens with one attached hydrogen (secondary N) is 1. The van der Waals surface area contributed by atoms with Gasteiger partial charge in [0.05, 0.1) is 11.6 Å². The highest BCUT2D eigenvalue weighted by Gasteiger charge is 2.26. The van der Waals surface area contributed by atoms with Crippen molar-refractivity contribution in [2.45, 2.75) is 53.0 Å². The minimum absolute atomic E-state index is 0.264. The fraction of sp³-hybridized carbons (Fsp3) is 0.611. The van der Waals surface area contributed by atoms with Crippen molar-refractivity contribution in [2.75, 3.05) is 13.1 Å². The van der Waals surface area contributed by atoms with Crippen LogP contribution in [0.4, 0.5) is 0 Å². The van der Waals surface area contributed by atoms with Gasteiger partial charge in [0.1, 0.15) is 0 Å². The number of piperidine rings is 1. The predicted octanol–water partition coefficient (Wildman–Crippen LogP) is 2.75. The summed E-state index contributed by atoms with van der Waals surface area (Å²) in [7, 11) is -3.44. The van der Waals surface area contributed by atoms with Gasteiger partial charge in [-0.2, -0.15) is 22.7 Å². The van der Waals surface area contributed by atoms with Gasteiger partial charge in [0.25, 0.3) is 10.2 Å². The molecule has 5 nitrogen and oxygen atoms in total. The summed E-state index contributed by atoms with van der Waals surface area (Å²) in [5, 5.41) is 9.33. The van der Waals surface area contributed by atoms with Gasteiger partial charge in [-0.15, -0.1) is 0 Å². The summed E-state index contributed by atoms with van der Waals surface area (Å²) in [5.74, 6) is 0.592. The molecule has 24 heavy (non-hydrogen) atoms. The first kappa shape index (κ1) is 18.9. The SMILES string of the molecule is CCc1cc(CNS(=O)(=O)N2CCC(C)CC2)cc(CC)c1C#N. The lowest BCUT2D eigenvalue weighted by Gasteiger charge is -2.29. The quantitative estimate of drug-likeness (QED) is 0.858. The molecular formula is C18H27N3O2S. The molecule has 0 aliphatic carbocycles. The van der Waals surface area contributed by atoms with Gasteiger partial charge in [-0.3, -0.25) is 0 Å². The van der Waals surface area contributed by atoms with Crippen LogP contribution in [0.5, 0.6) is 0 Å². The summed E-state index contributed by atoms with van der Waals surface area (Å²) >= 11 is 0. The zero-order chi connectivity index (χ0) is 17.7. The Balaban J connectivity index is 2.12. The Morgan fingerprint density at radius 2 is 1.75 bits per heavy atom. The molecule has 0 atom stereocenters. The van der Waals surface area contributed by atoms with Gasteiger partial charge in [0.2, 0.25) is 0 Å². The second-order valence-corrected chi connectivity index (χ2v) is 8.27. The van der Waals surface area contributed by atoms with Crippen molar-refractivity contribution >= 4 is 10.2 Å².